The Kier molecular flexibility index (Phi) is 12.8. The molecule has 230 valence electrons. The minimum atomic E-state index is -0.739. The van der Waals surface area contributed by atoms with Gasteiger partial charge in [-0.1, -0.05) is 46.8 Å². The summed E-state index contributed by atoms with van der Waals surface area (Å²) in [5.74, 6) is -0.696. The Hall–Kier alpha value is -3.18. The topological polar surface area (TPSA) is 126 Å². The zero-order chi connectivity index (χ0) is 31.6. The summed E-state index contributed by atoms with van der Waals surface area (Å²) < 4.78 is 26.7. The number of rotatable bonds is 9. The molecule has 0 radical (unpaired) electrons. The predicted octanol–water partition coefficient (Wildman–Crippen LogP) is 6.67. The second kappa shape index (κ2) is 14.6. The summed E-state index contributed by atoms with van der Waals surface area (Å²) in [5, 5.41) is 2.68. The van der Waals surface area contributed by atoms with Crippen molar-refractivity contribution in [3.05, 3.63) is 29.5 Å². The molecule has 0 saturated carbocycles. The van der Waals surface area contributed by atoms with E-state index in [-0.39, 0.29) is 34.1 Å². The monoisotopic (exact) mass is 592 g/mol. The molecular weight excluding hydrogens is 544 g/mol. The molecule has 0 fully saturated rings. The summed E-state index contributed by atoms with van der Waals surface area (Å²) in [4.78, 5) is 38.8. The number of aromatic nitrogens is 1. The van der Waals surface area contributed by atoms with E-state index >= 15 is 0 Å². The number of hydrogen-bond acceptors (Lipinski definition) is 9. The van der Waals surface area contributed by atoms with E-state index in [0.717, 1.165) is 5.56 Å². The van der Waals surface area contributed by atoms with Crippen molar-refractivity contribution in [2.24, 2.45) is 5.41 Å². The Labute approximate surface area is 246 Å². The molecule has 0 unspecified atom stereocenters. The highest BCUT2D eigenvalue weighted by Gasteiger charge is 2.33. The van der Waals surface area contributed by atoms with Crippen LogP contribution in [0.15, 0.2) is 22.8 Å². The van der Waals surface area contributed by atoms with Gasteiger partial charge < -0.3 is 23.1 Å². The van der Waals surface area contributed by atoms with Gasteiger partial charge in [-0.25, -0.2) is 9.59 Å². The Morgan fingerprint density at radius 2 is 1.66 bits per heavy atom. The standard InChI is InChI=1S/C25H38N2O6Si.C5H10O2/c1-10-30-21(28)18-19-17(32-20(18)27-22(29)33-24(5,6)7)14-16(15-26-19)12-11-13-31-34-25(8,9)23(2,3)4;1-5(2,3)7-4-6/h11-12,14-15H,10,13,34H2,1-9H3,(H,27,29);4H,1-3H3/b12-11+;. The van der Waals surface area contributed by atoms with Crippen LogP contribution in [0, 0.1) is 5.41 Å². The van der Waals surface area contributed by atoms with Gasteiger partial charge in [0.2, 0.25) is 5.88 Å². The van der Waals surface area contributed by atoms with E-state index in [4.69, 9.17) is 18.3 Å². The van der Waals surface area contributed by atoms with Crippen molar-refractivity contribution in [3.8, 4) is 0 Å². The Morgan fingerprint density at radius 1 is 1.02 bits per heavy atom. The number of carbonyl (C=O) groups is 3. The van der Waals surface area contributed by atoms with Crippen LogP contribution in [0.2, 0.25) is 5.04 Å². The van der Waals surface area contributed by atoms with Gasteiger partial charge in [-0.3, -0.25) is 15.1 Å². The zero-order valence-corrected chi connectivity index (χ0v) is 28.1. The van der Waals surface area contributed by atoms with Gasteiger partial charge in [0.25, 0.3) is 6.47 Å². The van der Waals surface area contributed by atoms with Gasteiger partial charge in [-0.15, -0.1) is 0 Å². The third kappa shape index (κ3) is 12.5. The van der Waals surface area contributed by atoms with E-state index in [2.05, 4.69) is 49.7 Å². The van der Waals surface area contributed by atoms with Crippen LogP contribution in [0.1, 0.15) is 99.0 Å². The van der Waals surface area contributed by atoms with Gasteiger partial charge in [-0.2, -0.15) is 0 Å². The predicted molar refractivity (Wildman–Crippen MR) is 164 cm³/mol. The molecule has 2 aromatic rings. The molecule has 0 aliphatic heterocycles. The van der Waals surface area contributed by atoms with Crippen molar-refractivity contribution in [2.45, 2.75) is 99.3 Å². The number of nitrogens with one attached hydrogen (secondary N) is 1. The summed E-state index contributed by atoms with van der Waals surface area (Å²) in [5.41, 5.74) is 0.653. The number of anilines is 1. The maximum atomic E-state index is 12.5. The molecule has 2 rings (SSSR count). The maximum absolute atomic E-state index is 12.5. The molecule has 0 spiro atoms. The number of amides is 1. The highest BCUT2D eigenvalue weighted by Crippen LogP contribution is 2.43. The lowest BCUT2D eigenvalue weighted by Crippen LogP contribution is -2.30. The normalized spacial score (nSPS) is 12.8. The third-order valence-electron chi connectivity index (χ3n) is 6.06. The molecule has 0 bridgehead atoms. The molecule has 0 saturated heterocycles. The molecule has 2 aromatic heterocycles. The van der Waals surface area contributed by atoms with Gasteiger partial charge in [0.15, 0.2) is 15.3 Å². The first-order chi connectivity index (χ1) is 18.7. The molecule has 41 heavy (non-hydrogen) atoms. The van der Waals surface area contributed by atoms with Crippen LogP contribution in [-0.2, 0) is 23.4 Å². The van der Waals surface area contributed by atoms with Gasteiger partial charge in [0.1, 0.15) is 22.3 Å². The number of nitrogens with zero attached hydrogens (tertiary/aromatic N) is 1. The summed E-state index contributed by atoms with van der Waals surface area (Å²) >= 11 is 0. The lowest BCUT2D eigenvalue weighted by atomic mass is 9.82. The summed E-state index contributed by atoms with van der Waals surface area (Å²) in [6.07, 6.45) is 4.71. The summed E-state index contributed by atoms with van der Waals surface area (Å²) in [7, 11) is -0.728. The molecule has 0 atom stereocenters. The fourth-order valence-corrected chi connectivity index (χ4v) is 4.09. The van der Waals surface area contributed by atoms with Crippen LogP contribution in [0.5, 0.6) is 0 Å². The second-order valence-electron chi connectivity index (χ2n) is 13.1. The lowest BCUT2D eigenvalue weighted by Gasteiger charge is -2.37. The van der Waals surface area contributed by atoms with E-state index in [1.165, 1.54) is 0 Å². The number of hydrogen-bond donors (Lipinski definition) is 1. The van der Waals surface area contributed by atoms with E-state index in [1.807, 2.05) is 32.9 Å². The quantitative estimate of drug-likeness (QED) is 0.112. The van der Waals surface area contributed by atoms with Crippen molar-refractivity contribution in [3.63, 3.8) is 0 Å². The Bertz CT molecular complexity index is 1200. The largest absolute Gasteiger partial charge is 0.462 e. The first-order valence-corrected chi connectivity index (χ1v) is 14.9. The van der Waals surface area contributed by atoms with Crippen molar-refractivity contribution >= 4 is 51.4 Å². The number of carbonyl (C=O) groups excluding carboxylic acids is 3. The van der Waals surface area contributed by atoms with Gasteiger partial charge >= 0.3 is 12.1 Å². The summed E-state index contributed by atoms with van der Waals surface area (Å²) in [6.45, 7) is 24.8. The highest BCUT2D eigenvalue weighted by molar-refractivity contribution is 6.32. The van der Waals surface area contributed by atoms with E-state index in [0.29, 0.717) is 24.2 Å². The minimum Gasteiger partial charge on any atom is -0.462 e. The first-order valence-electron chi connectivity index (χ1n) is 13.7. The average Bonchev–Trinajstić information content (AvgIpc) is 3.13. The Balaban J connectivity index is 0.00000106. The average molecular weight is 593 g/mol. The molecule has 2 heterocycles. The SMILES string of the molecule is CC(C)(C)OC=O.CCOC(=O)c1c(NC(=O)OC(C)(C)C)oc2cc(/C=C/CO[SiH2]C(C)(C)C(C)(C)C)cnc12. The first kappa shape index (κ1) is 35.8. The van der Waals surface area contributed by atoms with Crippen LogP contribution in [0.25, 0.3) is 17.2 Å². The third-order valence-corrected chi connectivity index (χ3v) is 8.29. The lowest BCUT2D eigenvalue weighted by molar-refractivity contribution is -0.138. The van der Waals surface area contributed by atoms with Gasteiger partial charge in [-0.05, 0) is 70.5 Å². The van der Waals surface area contributed by atoms with Crippen molar-refractivity contribution in [1.82, 2.24) is 4.98 Å². The fraction of sp³-hybridized carbons (Fsp3) is 0.600. The number of esters is 1. The number of pyridine rings is 1. The maximum Gasteiger partial charge on any atom is 0.414 e. The minimum absolute atomic E-state index is 0.0528. The summed E-state index contributed by atoms with van der Waals surface area (Å²) in [6, 6.07) is 1.75. The molecule has 1 N–H and O–H groups in total. The van der Waals surface area contributed by atoms with Crippen molar-refractivity contribution in [1.29, 1.82) is 0 Å². The van der Waals surface area contributed by atoms with E-state index < -0.39 is 27.4 Å². The van der Waals surface area contributed by atoms with Gasteiger partial charge in [0, 0.05) is 6.20 Å². The smallest absolute Gasteiger partial charge is 0.414 e. The van der Waals surface area contributed by atoms with E-state index in [9.17, 15) is 14.4 Å². The van der Waals surface area contributed by atoms with Crippen LogP contribution in [0.4, 0.5) is 10.7 Å². The van der Waals surface area contributed by atoms with Crippen molar-refractivity contribution < 1.29 is 37.4 Å². The van der Waals surface area contributed by atoms with Gasteiger partial charge in [0.05, 0.1) is 13.2 Å². The zero-order valence-electron chi connectivity index (χ0n) is 26.7. The van der Waals surface area contributed by atoms with Crippen molar-refractivity contribution in [2.75, 3.05) is 18.5 Å². The highest BCUT2D eigenvalue weighted by atomic mass is 28.2. The number of furan rings is 1. The Morgan fingerprint density at radius 3 is 2.15 bits per heavy atom. The molecule has 0 aliphatic carbocycles. The van der Waals surface area contributed by atoms with Crippen LogP contribution in [0.3, 0.4) is 0 Å². The van der Waals surface area contributed by atoms with Crippen LogP contribution < -0.4 is 5.32 Å². The second-order valence-corrected chi connectivity index (χ2v) is 15.6. The number of ether oxygens (including phenoxy) is 3. The van der Waals surface area contributed by atoms with Crippen LogP contribution >= 0.6 is 0 Å². The molecule has 0 aliphatic rings. The number of fused-ring (bicyclic) bond motifs is 1. The molecule has 1 amide bonds. The van der Waals surface area contributed by atoms with E-state index in [1.54, 1.807) is 40.0 Å². The molecule has 0 aromatic carbocycles. The molecule has 11 heteroatoms. The fourth-order valence-electron chi connectivity index (χ4n) is 2.89. The molecule has 10 nitrogen and oxygen atoms in total. The van der Waals surface area contributed by atoms with Crippen LogP contribution in [-0.4, -0.2) is 57.7 Å². The molecular formula is C30H48N2O8Si.